The molecule has 5 heteroatoms. The molecule has 0 spiro atoms. The number of methoxy groups -OCH3 is 1. The topological polar surface area (TPSA) is 64.6 Å². The first-order chi connectivity index (χ1) is 14.2. The van der Waals surface area contributed by atoms with Crippen LogP contribution < -0.4 is 10.1 Å². The number of hydrogen-bond donors (Lipinski definition) is 1. The van der Waals surface area contributed by atoms with Crippen molar-refractivity contribution >= 4 is 23.6 Å². The van der Waals surface area contributed by atoms with E-state index in [4.69, 9.17) is 9.47 Å². The van der Waals surface area contributed by atoms with Gasteiger partial charge < -0.3 is 14.8 Å². The van der Waals surface area contributed by atoms with Crippen molar-refractivity contribution in [1.29, 1.82) is 0 Å². The van der Waals surface area contributed by atoms with Crippen LogP contribution in [-0.4, -0.2) is 19.0 Å². The van der Waals surface area contributed by atoms with Crippen LogP contribution in [0.25, 0.3) is 6.08 Å². The number of amides is 1. The summed E-state index contributed by atoms with van der Waals surface area (Å²) in [6.45, 7) is 0. The minimum Gasteiger partial charge on any atom is -0.497 e. The smallest absolute Gasteiger partial charge is 0.331 e. The highest BCUT2D eigenvalue weighted by atomic mass is 16.5. The third-order valence-corrected chi connectivity index (χ3v) is 4.12. The number of rotatable bonds is 7. The number of benzene rings is 3. The van der Waals surface area contributed by atoms with E-state index >= 15 is 0 Å². The summed E-state index contributed by atoms with van der Waals surface area (Å²) < 4.78 is 10.7. The summed E-state index contributed by atoms with van der Waals surface area (Å²) in [5, 5.41) is 2.77. The average molecular weight is 387 g/mol. The fourth-order valence-electron chi connectivity index (χ4n) is 2.69. The monoisotopic (exact) mass is 387 g/mol. The van der Waals surface area contributed by atoms with Crippen molar-refractivity contribution < 1.29 is 19.1 Å². The average Bonchev–Trinajstić information content (AvgIpc) is 2.77. The molecule has 0 bridgehead atoms. The van der Waals surface area contributed by atoms with E-state index in [1.807, 2.05) is 36.4 Å². The molecule has 29 heavy (non-hydrogen) atoms. The molecule has 0 aliphatic rings. The highest BCUT2D eigenvalue weighted by molar-refractivity contribution is 5.97. The Morgan fingerprint density at radius 3 is 2.28 bits per heavy atom. The normalized spacial score (nSPS) is 11.6. The number of anilines is 1. The van der Waals surface area contributed by atoms with Crippen LogP contribution in [0.3, 0.4) is 0 Å². The number of esters is 1. The minimum absolute atomic E-state index is 0.453. The number of ether oxygens (including phenoxy) is 2. The Morgan fingerprint density at radius 1 is 0.897 bits per heavy atom. The molecule has 0 aliphatic heterocycles. The lowest BCUT2D eigenvalue weighted by atomic mass is 10.1. The molecule has 146 valence electrons. The van der Waals surface area contributed by atoms with Gasteiger partial charge in [0.25, 0.3) is 5.91 Å². The van der Waals surface area contributed by atoms with Crippen molar-refractivity contribution in [3.05, 3.63) is 102 Å². The number of nitrogens with one attached hydrogen (secondary N) is 1. The van der Waals surface area contributed by atoms with Crippen LogP contribution in [0.2, 0.25) is 0 Å². The van der Waals surface area contributed by atoms with Crippen molar-refractivity contribution in [1.82, 2.24) is 0 Å². The summed E-state index contributed by atoms with van der Waals surface area (Å²) in [5.41, 5.74) is 1.99. The molecule has 1 unspecified atom stereocenters. The van der Waals surface area contributed by atoms with E-state index in [9.17, 15) is 9.59 Å². The number of hydrogen-bond acceptors (Lipinski definition) is 4. The standard InChI is InChI=1S/C24H21NO4/c1-28-21-14-8-13-20(17-21)25-24(27)23(19-11-6-3-7-12-19)29-22(26)16-15-18-9-4-2-5-10-18/h2-17,23H,1H3,(H,25,27)/b16-15+. The molecule has 0 saturated carbocycles. The van der Waals surface area contributed by atoms with Crippen LogP contribution in [0, 0.1) is 0 Å². The summed E-state index contributed by atoms with van der Waals surface area (Å²) in [5.74, 6) is -0.448. The highest BCUT2D eigenvalue weighted by Crippen LogP contribution is 2.22. The van der Waals surface area contributed by atoms with E-state index in [2.05, 4.69) is 5.32 Å². The minimum atomic E-state index is -1.09. The predicted molar refractivity (Wildman–Crippen MR) is 112 cm³/mol. The van der Waals surface area contributed by atoms with Crippen LogP contribution in [0.5, 0.6) is 5.75 Å². The van der Waals surface area contributed by atoms with Crippen LogP contribution in [-0.2, 0) is 14.3 Å². The Morgan fingerprint density at radius 2 is 1.59 bits per heavy atom. The molecule has 3 aromatic carbocycles. The van der Waals surface area contributed by atoms with E-state index in [-0.39, 0.29) is 0 Å². The fraction of sp³-hybridized carbons (Fsp3) is 0.0833. The Bertz CT molecular complexity index is 984. The van der Waals surface area contributed by atoms with Crippen molar-refractivity contribution in [3.63, 3.8) is 0 Å². The number of carbonyl (C=O) groups is 2. The number of carbonyl (C=O) groups excluding carboxylic acids is 2. The summed E-state index contributed by atoms with van der Waals surface area (Å²) in [6.07, 6.45) is 1.87. The molecule has 5 nitrogen and oxygen atoms in total. The molecule has 0 aromatic heterocycles. The van der Waals surface area contributed by atoms with Gasteiger partial charge in [0, 0.05) is 23.4 Å². The first-order valence-corrected chi connectivity index (χ1v) is 9.09. The fourth-order valence-corrected chi connectivity index (χ4v) is 2.69. The van der Waals surface area contributed by atoms with Gasteiger partial charge in [0.15, 0.2) is 0 Å². The van der Waals surface area contributed by atoms with E-state index < -0.39 is 18.0 Å². The van der Waals surface area contributed by atoms with Gasteiger partial charge in [-0.2, -0.15) is 0 Å². The van der Waals surface area contributed by atoms with Crippen molar-refractivity contribution in [3.8, 4) is 5.75 Å². The zero-order valence-electron chi connectivity index (χ0n) is 15.9. The van der Waals surface area contributed by atoms with Gasteiger partial charge >= 0.3 is 5.97 Å². The molecule has 0 fully saturated rings. The highest BCUT2D eigenvalue weighted by Gasteiger charge is 2.24. The zero-order valence-corrected chi connectivity index (χ0v) is 15.9. The quantitative estimate of drug-likeness (QED) is 0.474. The van der Waals surface area contributed by atoms with Crippen molar-refractivity contribution in [2.45, 2.75) is 6.10 Å². The Balaban J connectivity index is 1.76. The second-order valence-corrected chi connectivity index (χ2v) is 6.19. The third kappa shape index (κ3) is 5.81. The molecule has 3 rings (SSSR count). The maximum Gasteiger partial charge on any atom is 0.331 e. The molecule has 1 atom stereocenters. The Labute approximate surface area is 169 Å². The van der Waals surface area contributed by atoms with Gasteiger partial charge in [-0.3, -0.25) is 4.79 Å². The van der Waals surface area contributed by atoms with Crippen molar-refractivity contribution in [2.75, 3.05) is 12.4 Å². The molecule has 0 saturated heterocycles. The zero-order chi connectivity index (χ0) is 20.5. The van der Waals surface area contributed by atoms with Gasteiger partial charge in [-0.1, -0.05) is 66.7 Å². The molecular weight excluding hydrogens is 366 g/mol. The molecule has 0 heterocycles. The summed E-state index contributed by atoms with van der Waals surface area (Å²) >= 11 is 0. The van der Waals surface area contributed by atoms with E-state index in [0.717, 1.165) is 5.56 Å². The van der Waals surface area contributed by atoms with E-state index in [0.29, 0.717) is 17.0 Å². The molecule has 0 radical (unpaired) electrons. The lowest BCUT2D eigenvalue weighted by Gasteiger charge is -2.17. The predicted octanol–water partition coefficient (Wildman–Crippen LogP) is 4.63. The van der Waals surface area contributed by atoms with Crippen molar-refractivity contribution in [2.24, 2.45) is 0 Å². The maximum absolute atomic E-state index is 12.9. The lowest BCUT2D eigenvalue weighted by Crippen LogP contribution is -2.25. The Kier molecular flexibility index (Phi) is 6.79. The van der Waals surface area contributed by atoms with Gasteiger partial charge in [-0.15, -0.1) is 0 Å². The second kappa shape index (κ2) is 9.90. The van der Waals surface area contributed by atoms with Gasteiger partial charge in [0.2, 0.25) is 6.10 Å². The Hall–Kier alpha value is -3.86. The summed E-state index contributed by atoms with van der Waals surface area (Å²) in [4.78, 5) is 25.2. The molecule has 0 aliphatic carbocycles. The van der Waals surface area contributed by atoms with Gasteiger partial charge in [0.05, 0.1) is 7.11 Å². The first kappa shape index (κ1) is 19.9. The third-order valence-electron chi connectivity index (χ3n) is 4.12. The van der Waals surface area contributed by atoms with Crippen LogP contribution in [0.15, 0.2) is 91.0 Å². The van der Waals surface area contributed by atoms with Gasteiger partial charge in [0.1, 0.15) is 5.75 Å². The van der Waals surface area contributed by atoms with Gasteiger partial charge in [-0.05, 0) is 23.8 Å². The largest absolute Gasteiger partial charge is 0.497 e. The van der Waals surface area contributed by atoms with Crippen LogP contribution in [0.4, 0.5) is 5.69 Å². The van der Waals surface area contributed by atoms with E-state index in [1.165, 1.54) is 6.08 Å². The summed E-state index contributed by atoms with van der Waals surface area (Å²) in [7, 11) is 1.55. The molecule has 3 aromatic rings. The molecule has 1 N–H and O–H groups in total. The maximum atomic E-state index is 12.9. The van der Waals surface area contributed by atoms with E-state index in [1.54, 1.807) is 61.7 Å². The summed E-state index contributed by atoms with van der Waals surface area (Å²) in [6, 6.07) is 25.2. The molecule has 1 amide bonds. The first-order valence-electron chi connectivity index (χ1n) is 9.09. The second-order valence-electron chi connectivity index (χ2n) is 6.19. The van der Waals surface area contributed by atoms with Gasteiger partial charge in [-0.25, -0.2) is 4.79 Å². The lowest BCUT2D eigenvalue weighted by molar-refractivity contribution is -0.149. The SMILES string of the molecule is COc1cccc(NC(=O)C(OC(=O)/C=C/c2ccccc2)c2ccccc2)c1. The van der Waals surface area contributed by atoms with Crippen LogP contribution >= 0.6 is 0 Å². The molecular formula is C24H21NO4. The van der Waals surface area contributed by atoms with Crippen LogP contribution in [0.1, 0.15) is 17.2 Å².